The standard InChI is InChI=1S/C11H14O3S/c1-2-3-4-8-6-13-11-9(14-8)7-15-10(11)5-12/h5,7-8H,2-4,6H2,1H3/t8-/m1/s1. The SMILES string of the molecule is CCCC[C@@H]1COc2c(csc2C=O)O1. The van der Waals surface area contributed by atoms with Crippen molar-refractivity contribution < 1.29 is 14.3 Å². The third-order valence-corrected chi connectivity index (χ3v) is 3.30. The molecular formula is C11H14O3S. The molecule has 1 atom stereocenters. The van der Waals surface area contributed by atoms with Crippen LogP contribution in [0.1, 0.15) is 35.9 Å². The van der Waals surface area contributed by atoms with Crippen LogP contribution in [0.25, 0.3) is 0 Å². The van der Waals surface area contributed by atoms with Crippen LogP contribution in [0.15, 0.2) is 5.38 Å². The maximum atomic E-state index is 10.7. The van der Waals surface area contributed by atoms with Crippen molar-refractivity contribution in [1.82, 2.24) is 0 Å². The summed E-state index contributed by atoms with van der Waals surface area (Å²) in [5.74, 6) is 1.36. The van der Waals surface area contributed by atoms with E-state index in [1.807, 2.05) is 5.38 Å². The summed E-state index contributed by atoms with van der Waals surface area (Å²) in [6.07, 6.45) is 4.29. The zero-order valence-corrected chi connectivity index (χ0v) is 9.51. The lowest BCUT2D eigenvalue weighted by Gasteiger charge is -2.24. The summed E-state index contributed by atoms with van der Waals surface area (Å²) < 4.78 is 11.3. The first-order chi connectivity index (χ1) is 7.35. The molecule has 0 radical (unpaired) electrons. The highest BCUT2D eigenvalue weighted by molar-refractivity contribution is 7.12. The summed E-state index contributed by atoms with van der Waals surface area (Å²) >= 11 is 1.37. The van der Waals surface area contributed by atoms with Crippen LogP contribution in [0, 0.1) is 0 Å². The summed E-state index contributed by atoms with van der Waals surface area (Å²) in [5.41, 5.74) is 0. The van der Waals surface area contributed by atoms with Gasteiger partial charge in [-0.3, -0.25) is 4.79 Å². The van der Waals surface area contributed by atoms with Crippen LogP contribution in [-0.2, 0) is 0 Å². The molecule has 0 fully saturated rings. The Balaban J connectivity index is 2.04. The van der Waals surface area contributed by atoms with Crippen molar-refractivity contribution in [3.05, 3.63) is 10.3 Å². The monoisotopic (exact) mass is 226 g/mol. The average Bonchev–Trinajstić information content (AvgIpc) is 2.68. The fourth-order valence-corrected chi connectivity index (χ4v) is 2.33. The molecule has 3 nitrogen and oxygen atoms in total. The molecule has 4 heteroatoms. The van der Waals surface area contributed by atoms with Crippen molar-refractivity contribution in [2.24, 2.45) is 0 Å². The third-order valence-electron chi connectivity index (χ3n) is 2.43. The van der Waals surface area contributed by atoms with Gasteiger partial charge in [-0.05, 0) is 12.8 Å². The van der Waals surface area contributed by atoms with Crippen molar-refractivity contribution in [1.29, 1.82) is 0 Å². The number of carbonyl (C=O) groups excluding carboxylic acids is 1. The number of thiophene rings is 1. The van der Waals surface area contributed by atoms with E-state index in [2.05, 4.69) is 6.92 Å². The van der Waals surface area contributed by atoms with Gasteiger partial charge in [0, 0.05) is 5.38 Å². The molecule has 0 aliphatic carbocycles. The Kier molecular flexibility index (Phi) is 3.26. The molecule has 0 saturated heterocycles. The number of hydrogen-bond acceptors (Lipinski definition) is 4. The Morgan fingerprint density at radius 1 is 1.67 bits per heavy atom. The highest BCUT2D eigenvalue weighted by atomic mass is 32.1. The van der Waals surface area contributed by atoms with E-state index in [0.29, 0.717) is 17.2 Å². The Morgan fingerprint density at radius 3 is 3.27 bits per heavy atom. The molecule has 82 valence electrons. The minimum Gasteiger partial charge on any atom is -0.484 e. The number of unbranched alkanes of at least 4 members (excludes halogenated alkanes) is 1. The Bertz CT molecular complexity index is 346. The molecule has 1 aromatic heterocycles. The normalized spacial score (nSPS) is 18.9. The van der Waals surface area contributed by atoms with Crippen molar-refractivity contribution in [2.45, 2.75) is 32.3 Å². The quantitative estimate of drug-likeness (QED) is 0.740. The lowest BCUT2D eigenvalue weighted by atomic mass is 10.1. The van der Waals surface area contributed by atoms with E-state index in [1.54, 1.807) is 0 Å². The minimum absolute atomic E-state index is 0.145. The van der Waals surface area contributed by atoms with E-state index < -0.39 is 0 Å². The average molecular weight is 226 g/mol. The van der Waals surface area contributed by atoms with Gasteiger partial charge >= 0.3 is 0 Å². The second kappa shape index (κ2) is 4.66. The molecule has 2 rings (SSSR count). The smallest absolute Gasteiger partial charge is 0.182 e. The molecule has 0 saturated carbocycles. The second-order valence-corrected chi connectivity index (χ2v) is 4.52. The number of aldehydes is 1. The fourth-order valence-electron chi connectivity index (χ4n) is 1.61. The zero-order chi connectivity index (χ0) is 10.7. The van der Waals surface area contributed by atoms with Crippen molar-refractivity contribution in [3.8, 4) is 11.5 Å². The summed E-state index contributed by atoms with van der Waals surface area (Å²) in [6, 6.07) is 0. The van der Waals surface area contributed by atoms with Crippen LogP contribution < -0.4 is 9.47 Å². The predicted octanol–water partition coefficient (Wildman–Crippen LogP) is 2.89. The van der Waals surface area contributed by atoms with Gasteiger partial charge in [0.05, 0.1) is 0 Å². The molecule has 0 aromatic carbocycles. The molecule has 0 unspecified atom stereocenters. The summed E-state index contributed by atoms with van der Waals surface area (Å²) in [4.78, 5) is 11.3. The highest BCUT2D eigenvalue weighted by Gasteiger charge is 2.24. The van der Waals surface area contributed by atoms with E-state index in [1.165, 1.54) is 11.3 Å². The highest BCUT2D eigenvalue weighted by Crippen LogP contribution is 2.39. The van der Waals surface area contributed by atoms with E-state index in [0.717, 1.165) is 31.3 Å². The summed E-state index contributed by atoms with van der Waals surface area (Å²) in [6.45, 7) is 2.72. The summed E-state index contributed by atoms with van der Waals surface area (Å²) in [5, 5.41) is 1.84. The fraction of sp³-hybridized carbons (Fsp3) is 0.545. The van der Waals surface area contributed by atoms with Crippen molar-refractivity contribution in [3.63, 3.8) is 0 Å². The number of carbonyl (C=O) groups is 1. The van der Waals surface area contributed by atoms with Gasteiger partial charge in [0.25, 0.3) is 0 Å². The van der Waals surface area contributed by atoms with Gasteiger partial charge in [-0.25, -0.2) is 0 Å². The van der Waals surface area contributed by atoms with Crippen LogP contribution in [0.2, 0.25) is 0 Å². The maximum absolute atomic E-state index is 10.7. The molecule has 1 aromatic rings. The largest absolute Gasteiger partial charge is 0.484 e. The maximum Gasteiger partial charge on any atom is 0.182 e. The van der Waals surface area contributed by atoms with Gasteiger partial charge in [0.1, 0.15) is 17.6 Å². The molecule has 0 N–H and O–H groups in total. The van der Waals surface area contributed by atoms with Crippen LogP contribution >= 0.6 is 11.3 Å². The number of rotatable bonds is 4. The topological polar surface area (TPSA) is 35.5 Å². The molecule has 0 bridgehead atoms. The Labute approximate surface area is 93.0 Å². The Morgan fingerprint density at radius 2 is 2.53 bits per heavy atom. The molecule has 2 heterocycles. The summed E-state index contributed by atoms with van der Waals surface area (Å²) in [7, 11) is 0. The Hall–Kier alpha value is -1.03. The van der Waals surface area contributed by atoms with E-state index in [9.17, 15) is 4.79 Å². The molecule has 0 spiro atoms. The van der Waals surface area contributed by atoms with Gasteiger partial charge < -0.3 is 9.47 Å². The predicted molar refractivity (Wildman–Crippen MR) is 59.1 cm³/mol. The van der Waals surface area contributed by atoms with E-state index in [4.69, 9.17) is 9.47 Å². The first-order valence-corrected chi connectivity index (χ1v) is 6.09. The number of ether oxygens (including phenoxy) is 2. The minimum atomic E-state index is 0.145. The molecular weight excluding hydrogens is 212 g/mol. The zero-order valence-electron chi connectivity index (χ0n) is 8.69. The van der Waals surface area contributed by atoms with Gasteiger partial charge in [0.2, 0.25) is 0 Å². The van der Waals surface area contributed by atoms with Crippen molar-refractivity contribution >= 4 is 17.6 Å². The lowest BCUT2D eigenvalue weighted by molar-refractivity contribution is 0.0831. The molecule has 0 amide bonds. The van der Waals surface area contributed by atoms with Gasteiger partial charge in [-0.1, -0.05) is 13.3 Å². The van der Waals surface area contributed by atoms with Crippen LogP contribution in [0.3, 0.4) is 0 Å². The molecule has 15 heavy (non-hydrogen) atoms. The molecule has 1 aliphatic rings. The van der Waals surface area contributed by atoms with Gasteiger partial charge in [-0.15, -0.1) is 11.3 Å². The second-order valence-electron chi connectivity index (χ2n) is 3.60. The lowest BCUT2D eigenvalue weighted by Crippen LogP contribution is -2.28. The van der Waals surface area contributed by atoms with Crippen LogP contribution in [0.5, 0.6) is 11.5 Å². The van der Waals surface area contributed by atoms with Gasteiger partial charge in [0.15, 0.2) is 17.8 Å². The van der Waals surface area contributed by atoms with Crippen LogP contribution in [0.4, 0.5) is 0 Å². The van der Waals surface area contributed by atoms with Crippen LogP contribution in [-0.4, -0.2) is 19.0 Å². The van der Waals surface area contributed by atoms with Crippen molar-refractivity contribution in [2.75, 3.05) is 6.61 Å². The van der Waals surface area contributed by atoms with E-state index in [-0.39, 0.29) is 6.10 Å². The number of fused-ring (bicyclic) bond motifs is 1. The molecule has 1 aliphatic heterocycles. The first-order valence-electron chi connectivity index (χ1n) is 5.21. The first kappa shape index (κ1) is 10.5. The van der Waals surface area contributed by atoms with Gasteiger partial charge in [-0.2, -0.15) is 0 Å². The number of hydrogen-bond donors (Lipinski definition) is 0. The third kappa shape index (κ3) is 2.15. The van der Waals surface area contributed by atoms with E-state index >= 15 is 0 Å².